The normalized spacial score (nSPS) is 18.0. The van der Waals surface area contributed by atoms with E-state index in [1.54, 1.807) is 4.57 Å². The van der Waals surface area contributed by atoms with Crippen molar-refractivity contribution >= 4 is 35.0 Å². The molecule has 1 aromatic heterocycles. The first kappa shape index (κ1) is 25.6. The van der Waals surface area contributed by atoms with Crippen LogP contribution in [0.5, 0.6) is 0 Å². The predicted molar refractivity (Wildman–Crippen MR) is 127 cm³/mol. The molecule has 1 saturated carbocycles. The monoisotopic (exact) mass is 492 g/mol. The van der Waals surface area contributed by atoms with Gasteiger partial charge in [-0.2, -0.15) is 0 Å². The lowest BCUT2D eigenvalue weighted by Gasteiger charge is -2.29. The average molecular weight is 493 g/mol. The number of hydrogen-bond acceptors (Lipinski definition) is 5. The van der Waals surface area contributed by atoms with Crippen LogP contribution in [0.3, 0.4) is 0 Å². The fraction of sp³-hybridized carbons (Fsp3) is 0.478. The third-order valence-electron chi connectivity index (χ3n) is 5.86. The summed E-state index contributed by atoms with van der Waals surface area (Å²) < 4.78 is 14.9. The number of carbonyl (C=O) groups is 3. The van der Waals surface area contributed by atoms with Gasteiger partial charge in [0, 0.05) is 31.1 Å². The van der Waals surface area contributed by atoms with Gasteiger partial charge < -0.3 is 26.3 Å². The number of amides is 3. The lowest BCUT2D eigenvalue weighted by atomic mass is 9.85. The van der Waals surface area contributed by atoms with Crippen molar-refractivity contribution in [3.05, 3.63) is 46.8 Å². The van der Waals surface area contributed by atoms with E-state index in [-0.39, 0.29) is 34.3 Å². The zero-order valence-electron chi connectivity index (χ0n) is 19.2. The van der Waals surface area contributed by atoms with Gasteiger partial charge in [0.05, 0.1) is 17.0 Å². The highest BCUT2D eigenvalue weighted by molar-refractivity contribution is 6.33. The molecule has 1 aliphatic carbocycles. The molecule has 1 fully saturated rings. The Morgan fingerprint density at radius 1 is 1.21 bits per heavy atom. The molecule has 0 bridgehead atoms. The minimum Gasteiger partial charge on any atom is -0.364 e. The topological polar surface area (TPSA) is 131 Å². The van der Waals surface area contributed by atoms with E-state index in [1.165, 1.54) is 18.5 Å². The number of primary amides is 1. The summed E-state index contributed by atoms with van der Waals surface area (Å²) >= 11 is 6.00. The number of aromatic nitrogens is 2. The number of halogens is 2. The molecule has 0 saturated heterocycles. The van der Waals surface area contributed by atoms with Gasteiger partial charge in [-0.3, -0.25) is 14.4 Å². The van der Waals surface area contributed by atoms with Crippen molar-refractivity contribution in [3.63, 3.8) is 0 Å². The number of nitrogens with two attached hydrogens (primary N) is 1. The van der Waals surface area contributed by atoms with E-state index >= 15 is 0 Å². The molecular formula is C23H30ClFN6O3. The van der Waals surface area contributed by atoms with Gasteiger partial charge in [-0.25, -0.2) is 9.37 Å². The molecule has 2 aromatic rings. The van der Waals surface area contributed by atoms with E-state index in [0.29, 0.717) is 50.5 Å². The number of hydrogen-bond donors (Lipinski definition) is 4. The van der Waals surface area contributed by atoms with Crippen LogP contribution in [0.15, 0.2) is 24.5 Å². The van der Waals surface area contributed by atoms with E-state index in [9.17, 15) is 18.8 Å². The molecule has 1 aliphatic rings. The molecule has 0 atom stereocenters. The first-order chi connectivity index (χ1) is 16.2. The van der Waals surface area contributed by atoms with Gasteiger partial charge in [-0.05, 0) is 43.9 Å². The second kappa shape index (κ2) is 11.4. The minimum absolute atomic E-state index is 0.00265. The van der Waals surface area contributed by atoms with Crippen LogP contribution in [0.2, 0.25) is 5.02 Å². The van der Waals surface area contributed by atoms with Gasteiger partial charge >= 0.3 is 0 Å². The molecule has 0 spiro atoms. The van der Waals surface area contributed by atoms with E-state index in [0.717, 1.165) is 6.07 Å². The van der Waals surface area contributed by atoms with Gasteiger partial charge in [0.15, 0.2) is 5.69 Å². The quantitative estimate of drug-likeness (QED) is 0.400. The summed E-state index contributed by atoms with van der Waals surface area (Å²) in [4.78, 5) is 41.6. The van der Waals surface area contributed by atoms with Crippen molar-refractivity contribution in [2.75, 3.05) is 18.4 Å². The maximum atomic E-state index is 13.2. The molecule has 9 nitrogen and oxygen atoms in total. The fourth-order valence-corrected chi connectivity index (χ4v) is 4.32. The van der Waals surface area contributed by atoms with Gasteiger partial charge in [-0.15, -0.1) is 0 Å². The van der Waals surface area contributed by atoms with Crippen LogP contribution < -0.4 is 21.7 Å². The van der Waals surface area contributed by atoms with E-state index < -0.39 is 17.6 Å². The standard InChI is InChI=1S/C23H30ClFN6O3/c1-13(2)27-9-10-28-23(34)19-20(21(26)32)31(12-29-19)16-6-3-14(4-7-16)22(33)30-18-8-5-15(25)11-17(18)24/h5,8,11-14,16,27H,3-4,6-7,9-10H2,1-2H3,(H2,26,32)(H,28,34)(H,30,33). The second-order valence-electron chi connectivity index (χ2n) is 8.70. The molecule has 1 heterocycles. The lowest BCUT2D eigenvalue weighted by molar-refractivity contribution is -0.121. The third kappa shape index (κ3) is 6.32. The highest BCUT2D eigenvalue weighted by Crippen LogP contribution is 2.34. The maximum Gasteiger partial charge on any atom is 0.272 e. The Labute approximate surface area is 202 Å². The number of rotatable bonds is 9. The largest absolute Gasteiger partial charge is 0.364 e. The molecule has 11 heteroatoms. The Morgan fingerprint density at radius 3 is 2.53 bits per heavy atom. The van der Waals surface area contributed by atoms with Crippen LogP contribution in [0.25, 0.3) is 0 Å². The second-order valence-corrected chi connectivity index (χ2v) is 9.10. The Bertz CT molecular complexity index is 1050. The lowest BCUT2D eigenvalue weighted by Crippen LogP contribution is -2.36. The van der Waals surface area contributed by atoms with Crippen LogP contribution in [0.1, 0.15) is 66.5 Å². The summed E-state index contributed by atoms with van der Waals surface area (Å²) in [6.07, 6.45) is 3.80. The van der Waals surface area contributed by atoms with Crippen LogP contribution in [-0.4, -0.2) is 46.4 Å². The van der Waals surface area contributed by atoms with Crippen molar-refractivity contribution < 1.29 is 18.8 Å². The van der Waals surface area contributed by atoms with Gasteiger partial charge in [0.25, 0.3) is 11.8 Å². The van der Waals surface area contributed by atoms with Crippen molar-refractivity contribution in [3.8, 4) is 0 Å². The molecule has 5 N–H and O–H groups in total. The molecule has 34 heavy (non-hydrogen) atoms. The van der Waals surface area contributed by atoms with Crippen LogP contribution >= 0.6 is 11.6 Å². The predicted octanol–water partition coefficient (Wildman–Crippen LogP) is 2.87. The van der Waals surface area contributed by atoms with Gasteiger partial charge in [0.1, 0.15) is 11.5 Å². The Hall–Kier alpha value is -2.98. The first-order valence-corrected chi connectivity index (χ1v) is 11.7. The Morgan fingerprint density at radius 2 is 1.91 bits per heavy atom. The first-order valence-electron chi connectivity index (χ1n) is 11.3. The molecule has 0 radical (unpaired) electrons. The number of nitrogens with zero attached hydrogens (tertiary/aromatic N) is 2. The van der Waals surface area contributed by atoms with Crippen molar-refractivity contribution in [1.82, 2.24) is 20.2 Å². The summed E-state index contributed by atoms with van der Waals surface area (Å²) in [7, 11) is 0. The van der Waals surface area contributed by atoms with E-state index in [2.05, 4.69) is 20.9 Å². The van der Waals surface area contributed by atoms with Crippen LogP contribution in [0.4, 0.5) is 10.1 Å². The summed E-state index contributed by atoms with van der Waals surface area (Å²) in [5, 5.41) is 8.83. The molecule has 3 amide bonds. The number of nitrogens with one attached hydrogen (secondary N) is 3. The highest BCUT2D eigenvalue weighted by atomic mass is 35.5. The molecular weight excluding hydrogens is 463 g/mol. The third-order valence-corrected chi connectivity index (χ3v) is 6.17. The summed E-state index contributed by atoms with van der Waals surface area (Å²) in [5.41, 5.74) is 6.02. The average Bonchev–Trinajstić information content (AvgIpc) is 3.24. The van der Waals surface area contributed by atoms with Crippen molar-refractivity contribution in [2.45, 2.75) is 51.6 Å². The van der Waals surface area contributed by atoms with Crippen LogP contribution in [0, 0.1) is 11.7 Å². The summed E-state index contributed by atoms with van der Waals surface area (Å²) in [6, 6.07) is 3.99. The Balaban J connectivity index is 1.61. The SMILES string of the molecule is CC(C)NCCNC(=O)c1ncn(C2CCC(C(=O)Nc3ccc(F)cc3Cl)CC2)c1C(N)=O. The summed E-state index contributed by atoms with van der Waals surface area (Å²) in [5.74, 6) is -2.11. The highest BCUT2D eigenvalue weighted by Gasteiger charge is 2.31. The number of imidazole rings is 1. The van der Waals surface area contributed by atoms with E-state index in [1.807, 2.05) is 13.8 Å². The smallest absolute Gasteiger partial charge is 0.272 e. The molecule has 184 valence electrons. The summed E-state index contributed by atoms with van der Waals surface area (Å²) in [6.45, 7) is 4.99. The Kier molecular flexibility index (Phi) is 8.62. The van der Waals surface area contributed by atoms with Crippen molar-refractivity contribution in [1.29, 1.82) is 0 Å². The number of anilines is 1. The van der Waals surface area contributed by atoms with E-state index in [4.69, 9.17) is 17.3 Å². The molecule has 1 aromatic carbocycles. The zero-order valence-corrected chi connectivity index (χ0v) is 20.0. The number of carbonyl (C=O) groups excluding carboxylic acids is 3. The zero-order chi connectivity index (χ0) is 24.8. The van der Waals surface area contributed by atoms with Crippen LogP contribution in [-0.2, 0) is 4.79 Å². The van der Waals surface area contributed by atoms with Gasteiger partial charge in [0.2, 0.25) is 5.91 Å². The molecule has 0 unspecified atom stereocenters. The minimum atomic E-state index is -0.728. The van der Waals surface area contributed by atoms with Gasteiger partial charge in [-0.1, -0.05) is 25.4 Å². The fourth-order valence-electron chi connectivity index (χ4n) is 4.11. The molecule has 3 rings (SSSR count). The van der Waals surface area contributed by atoms with Crippen molar-refractivity contribution in [2.24, 2.45) is 11.7 Å². The maximum absolute atomic E-state index is 13.2. The molecule has 0 aliphatic heterocycles. The number of benzene rings is 1.